The molecule has 120 valence electrons. The molecule has 0 unspecified atom stereocenters. The highest BCUT2D eigenvalue weighted by atomic mass is 35.5. The number of halogens is 1. The highest BCUT2D eigenvalue weighted by Gasteiger charge is 2.26. The molecular weight excluding hydrogens is 320 g/mol. The molecule has 4 nitrogen and oxygen atoms in total. The van der Waals surface area contributed by atoms with Crippen LogP contribution in [0.4, 0.5) is 4.79 Å². The van der Waals surface area contributed by atoms with Crippen molar-refractivity contribution in [2.75, 3.05) is 12.4 Å². The summed E-state index contributed by atoms with van der Waals surface area (Å²) in [6, 6.07) is 5.80. The maximum absolute atomic E-state index is 12.3. The zero-order valence-corrected chi connectivity index (χ0v) is 14.2. The van der Waals surface area contributed by atoms with Gasteiger partial charge in [-0.3, -0.25) is 0 Å². The van der Waals surface area contributed by atoms with Crippen LogP contribution in [0.1, 0.15) is 37.8 Å². The van der Waals surface area contributed by atoms with E-state index in [-0.39, 0.29) is 24.2 Å². The molecule has 0 radical (unpaired) electrons. The Balaban J connectivity index is 1.61. The number of hydrogen-bond donors (Lipinski definition) is 2. The van der Waals surface area contributed by atoms with Crippen molar-refractivity contribution in [3.63, 3.8) is 0 Å². The summed E-state index contributed by atoms with van der Waals surface area (Å²) in [5.41, 5.74) is 1.11. The molecule has 3 rings (SSSR count). The van der Waals surface area contributed by atoms with E-state index in [4.69, 9.17) is 16.3 Å². The lowest BCUT2D eigenvalue weighted by Crippen LogP contribution is -2.47. The van der Waals surface area contributed by atoms with Gasteiger partial charge in [-0.05, 0) is 49.9 Å². The van der Waals surface area contributed by atoms with Crippen molar-refractivity contribution in [2.45, 2.75) is 49.3 Å². The van der Waals surface area contributed by atoms with E-state index in [1.807, 2.05) is 36.9 Å². The smallest absolute Gasteiger partial charge is 0.315 e. The van der Waals surface area contributed by atoms with Crippen LogP contribution < -0.4 is 10.6 Å². The summed E-state index contributed by atoms with van der Waals surface area (Å²) in [5, 5.41) is 6.79. The van der Waals surface area contributed by atoms with Gasteiger partial charge in [0.2, 0.25) is 0 Å². The Hall–Kier alpha value is -0.910. The summed E-state index contributed by atoms with van der Waals surface area (Å²) in [4.78, 5) is 13.5. The third-order valence-corrected chi connectivity index (χ3v) is 5.56. The Bertz CT molecular complexity index is 549. The number of carbonyl (C=O) groups excluding carboxylic acids is 1. The quantitative estimate of drug-likeness (QED) is 0.881. The van der Waals surface area contributed by atoms with Gasteiger partial charge in [0, 0.05) is 22.3 Å². The van der Waals surface area contributed by atoms with Gasteiger partial charge in [-0.1, -0.05) is 11.6 Å². The summed E-state index contributed by atoms with van der Waals surface area (Å²) in [6.07, 6.45) is 3.14. The van der Waals surface area contributed by atoms with Gasteiger partial charge in [0.05, 0.1) is 18.2 Å². The van der Waals surface area contributed by atoms with Crippen LogP contribution in [-0.2, 0) is 4.74 Å². The van der Waals surface area contributed by atoms with Crippen LogP contribution in [0.5, 0.6) is 0 Å². The highest BCUT2D eigenvalue weighted by Crippen LogP contribution is 2.37. The van der Waals surface area contributed by atoms with Crippen molar-refractivity contribution in [2.24, 2.45) is 0 Å². The molecule has 1 saturated heterocycles. The fourth-order valence-electron chi connectivity index (χ4n) is 3.01. The SMILES string of the molecule is C[C@H](NC(=O)N[C@@H]1CCSc2ccc(Cl)cc21)[C@@H]1CCCO1. The van der Waals surface area contributed by atoms with E-state index in [1.165, 1.54) is 4.90 Å². The first-order chi connectivity index (χ1) is 10.6. The third-order valence-electron chi connectivity index (χ3n) is 4.20. The Labute approximate surface area is 140 Å². The number of ether oxygens (including phenoxy) is 1. The van der Waals surface area contributed by atoms with Crippen molar-refractivity contribution in [3.8, 4) is 0 Å². The Morgan fingerprint density at radius 1 is 1.45 bits per heavy atom. The molecular formula is C16H21ClN2O2S. The number of fused-ring (bicyclic) bond motifs is 1. The molecule has 0 aromatic heterocycles. The van der Waals surface area contributed by atoms with Gasteiger partial charge in [0.15, 0.2) is 0 Å². The molecule has 2 amide bonds. The van der Waals surface area contributed by atoms with Crippen LogP contribution in [0.3, 0.4) is 0 Å². The number of rotatable bonds is 3. The van der Waals surface area contributed by atoms with Crippen LogP contribution >= 0.6 is 23.4 Å². The second kappa shape index (κ2) is 7.11. The molecule has 1 aromatic rings. The summed E-state index contributed by atoms with van der Waals surface area (Å²) in [5.74, 6) is 1.00. The van der Waals surface area contributed by atoms with Gasteiger partial charge in [0.25, 0.3) is 0 Å². The van der Waals surface area contributed by atoms with Crippen LogP contribution in [-0.4, -0.2) is 30.5 Å². The molecule has 0 spiro atoms. The fraction of sp³-hybridized carbons (Fsp3) is 0.562. The van der Waals surface area contributed by atoms with Gasteiger partial charge >= 0.3 is 6.03 Å². The first kappa shape index (κ1) is 16.0. The van der Waals surface area contributed by atoms with Crippen LogP contribution in [0.15, 0.2) is 23.1 Å². The van der Waals surface area contributed by atoms with E-state index in [0.29, 0.717) is 5.02 Å². The maximum atomic E-state index is 12.3. The predicted molar refractivity (Wildman–Crippen MR) is 89.6 cm³/mol. The molecule has 0 aliphatic carbocycles. The number of nitrogens with one attached hydrogen (secondary N) is 2. The number of benzene rings is 1. The maximum Gasteiger partial charge on any atom is 0.315 e. The minimum atomic E-state index is -0.133. The molecule has 2 heterocycles. The van der Waals surface area contributed by atoms with Gasteiger partial charge in [-0.15, -0.1) is 11.8 Å². The van der Waals surface area contributed by atoms with Crippen molar-refractivity contribution in [1.29, 1.82) is 0 Å². The number of amides is 2. The lowest BCUT2D eigenvalue weighted by atomic mass is 10.0. The molecule has 2 aliphatic heterocycles. The average Bonchev–Trinajstić information content (AvgIpc) is 3.02. The minimum absolute atomic E-state index is 0.0200. The molecule has 22 heavy (non-hydrogen) atoms. The average molecular weight is 341 g/mol. The number of thioether (sulfide) groups is 1. The van der Waals surface area contributed by atoms with Crippen molar-refractivity contribution in [3.05, 3.63) is 28.8 Å². The fourth-order valence-corrected chi connectivity index (χ4v) is 4.30. The normalized spacial score (nSPS) is 25.4. The monoisotopic (exact) mass is 340 g/mol. The molecule has 3 atom stereocenters. The second-order valence-electron chi connectivity index (χ2n) is 5.83. The Morgan fingerprint density at radius 3 is 3.09 bits per heavy atom. The lowest BCUT2D eigenvalue weighted by Gasteiger charge is -2.27. The first-order valence-electron chi connectivity index (χ1n) is 7.74. The van der Waals surface area contributed by atoms with Crippen LogP contribution in [0, 0.1) is 0 Å². The molecule has 0 bridgehead atoms. The zero-order chi connectivity index (χ0) is 15.5. The number of hydrogen-bond acceptors (Lipinski definition) is 3. The molecule has 2 aliphatic rings. The topological polar surface area (TPSA) is 50.4 Å². The van der Waals surface area contributed by atoms with E-state index >= 15 is 0 Å². The van der Waals surface area contributed by atoms with E-state index < -0.39 is 0 Å². The molecule has 6 heteroatoms. The lowest BCUT2D eigenvalue weighted by molar-refractivity contribution is 0.0858. The predicted octanol–water partition coefficient (Wildman–Crippen LogP) is 3.74. The summed E-state index contributed by atoms with van der Waals surface area (Å²) in [6.45, 7) is 2.79. The van der Waals surface area contributed by atoms with Crippen LogP contribution in [0.2, 0.25) is 5.02 Å². The van der Waals surface area contributed by atoms with Gasteiger partial charge in [-0.25, -0.2) is 4.79 Å². The van der Waals surface area contributed by atoms with Crippen molar-refractivity contribution >= 4 is 29.4 Å². The number of carbonyl (C=O) groups is 1. The third kappa shape index (κ3) is 3.70. The summed E-state index contributed by atoms with van der Waals surface area (Å²) < 4.78 is 5.61. The summed E-state index contributed by atoms with van der Waals surface area (Å²) >= 11 is 7.91. The van der Waals surface area contributed by atoms with Gasteiger partial charge in [-0.2, -0.15) is 0 Å². The van der Waals surface area contributed by atoms with E-state index in [9.17, 15) is 4.79 Å². The van der Waals surface area contributed by atoms with Gasteiger partial charge in [0.1, 0.15) is 0 Å². The zero-order valence-electron chi connectivity index (χ0n) is 12.6. The van der Waals surface area contributed by atoms with E-state index in [1.54, 1.807) is 0 Å². The van der Waals surface area contributed by atoms with Gasteiger partial charge < -0.3 is 15.4 Å². The largest absolute Gasteiger partial charge is 0.376 e. The molecule has 0 saturated carbocycles. The van der Waals surface area contributed by atoms with E-state index in [2.05, 4.69) is 10.6 Å². The molecule has 1 fully saturated rings. The molecule has 1 aromatic carbocycles. The van der Waals surface area contributed by atoms with Crippen molar-refractivity contribution < 1.29 is 9.53 Å². The van der Waals surface area contributed by atoms with Crippen LogP contribution in [0.25, 0.3) is 0 Å². The number of urea groups is 1. The second-order valence-corrected chi connectivity index (χ2v) is 7.40. The molecule has 2 N–H and O–H groups in total. The Kier molecular flexibility index (Phi) is 5.16. The highest BCUT2D eigenvalue weighted by molar-refractivity contribution is 7.99. The van der Waals surface area contributed by atoms with Crippen molar-refractivity contribution in [1.82, 2.24) is 10.6 Å². The van der Waals surface area contributed by atoms with E-state index in [0.717, 1.165) is 37.2 Å². The summed E-state index contributed by atoms with van der Waals surface area (Å²) in [7, 11) is 0. The Morgan fingerprint density at radius 2 is 2.32 bits per heavy atom. The standard InChI is InChI=1S/C16H21ClN2O2S/c1-10(14-3-2-7-21-14)18-16(20)19-13-6-8-22-15-5-4-11(17)9-12(13)15/h4-5,9-10,13-14H,2-3,6-8H2,1H3,(H2,18,19,20)/t10-,13+,14-/m0/s1. The minimum Gasteiger partial charge on any atom is -0.376 e. The first-order valence-corrected chi connectivity index (χ1v) is 9.11.